The fourth-order valence-corrected chi connectivity index (χ4v) is 4.48. The minimum absolute atomic E-state index is 0.0579. The van der Waals surface area contributed by atoms with E-state index in [4.69, 9.17) is 0 Å². The smallest absolute Gasteiger partial charge is 0.242 e. The third-order valence-corrected chi connectivity index (χ3v) is 5.99. The van der Waals surface area contributed by atoms with Gasteiger partial charge in [0.2, 0.25) is 17.7 Å². The first-order valence-electron chi connectivity index (χ1n) is 9.20. The minimum Gasteiger partial charge on any atom is -0.341 e. The van der Waals surface area contributed by atoms with Gasteiger partial charge in [0.15, 0.2) is 0 Å². The molecule has 2 saturated carbocycles. The predicted octanol–water partition coefficient (Wildman–Crippen LogP) is 2.34. The number of imide groups is 1. The standard InChI is InChI=1S/C18H28N2O3/c1-19(13-8-4-2-3-5-9-13)16(21)12-20-17(22)14-10-6-7-11-15(14)18(20)23/h13-15H,2-12H2,1H3. The second-order valence-electron chi connectivity index (χ2n) is 7.41. The minimum atomic E-state index is -0.160. The average molecular weight is 320 g/mol. The summed E-state index contributed by atoms with van der Waals surface area (Å²) < 4.78 is 0. The summed E-state index contributed by atoms with van der Waals surface area (Å²) in [5, 5.41) is 0. The number of carbonyl (C=O) groups excluding carboxylic acids is 3. The number of likely N-dealkylation sites (N-methyl/N-ethyl adjacent to an activating group) is 1. The van der Waals surface area contributed by atoms with Crippen molar-refractivity contribution in [2.75, 3.05) is 13.6 Å². The van der Waals surface area contributed by atoms with Gasteiger partial charge >= 0.3 is 0 Å². The van der Waals surface area contributed by atoms with Crippen LogP contribution in [0.2, 0.25) is 0 Å². The van der Waals surface area contributed by atoms with Crippen LogP contribution in [0, 0.1) is 11.8 Å². The van der Waals surface area contributed by atoms with Gasteiger partial charge in [-0.05, 0) is 25.7 Å². The van der Waals surface area contributed by atoms with Crippen LogP contribution in [-0.4, -0.2) is 47.2 Å². The first-order chi connectivity index (χ1) is 11.1. The molecule has 3 aliphatic rings. The van der Waals surface area contributed by atoms with Gasteiger partial charge in [0.1, 0.15) is 6.54 Å². The molecule has 0 aromatic heterocycles. The van der Waals surface area contributed by atoms with Gasteiger partial charge in [-0.1, -0.05) is 38.5 Å². The van der Waals surface area contributed by atoms with Crippen LogP contribution in [0.15, 0.2) is 0 Å². The molecule has 2 aliphatic carbocycles. The zero-order chi connectivity index (χ0) is 16.4. The average Bonchev–Trinajstić information content (AvgIpc) is 2.79. The number of carbonyl (C=O) groups is 3. The number of amides is 3. The number of rotatable bonds is 3. The molecule has 3 fully saturated rings. The normalized spacial score (nSPS) is 29.3. The lowest BCUT2D eigenvalue weighted by molar-refractivity contribution is -0.147. The quantitative estimate of drug-likeness (QED) is 0.592. The van der Waals surface area contributed by atoms with Gasteiger partial charge < -0.3 is 4.90 Å². The number of hydrogen-bond donors (Lipinski definition) is 0. The van der Waals surface area contributed by atoms with Crippen molar-refractivity contribution in [3.63, 3.8) is 0 Å². The predicted molar refractivity (Wildman–Crippen MR) is 86.4 cm³/mol. The molecule has 2 atom stereocenters. The molecule has 0 aromatic rings. The van der Waals surface area contributed by atoms with Crippen molar-refractivity contribution < 1.29 is 14.4 Å². The molecule has 1 aliphatic heterocycles. The lowest BCUT2D eigenvalue weighted by atomic mass is 9.81. The van der Waals surface area contributed by atoms with Crippen LogP contribution in [0.1, 0.15) is 64.2 Å². The van der Waals surface area contributed by atoms with Crippen LogP contribution >= 0.6 is 0 Å². The molecular weight excluding hydrogens is 292 g/mol. The molecule has 0 N–H and O–H groups in total. The Morgan fingerprint density at radius 2 is 1.39 bits per heavy atom. The van der Waals surface area contributed by atoms with Crippen molar-refractivity contribution in [1.82, 2.24) is 9.80 Å². The van der Waals surface area contributed by atoms with E-state index in [1.165, 1.54) is 17.7 Å². The topological polar surface area (TPSA) is 57.7 Å². The number of nitrogens with zero attached hydrogens (tertiary/aromatic N) is 2. The van der Waals surface area contributed by atoms with E-state index in [0.717, 1.165) is 51.4 Å². The molecule has 0 radical (unpaired) electrons. The highest BCUT2D eigenvalue weighted by molar-refractivity contribution is 6.07. The Morgan fingerprint density at radius 3 is 1.91 bits per heavy atom. The second kappa shape index (κ2) is 7.02. The highest BCUT2D eigenvalue weighted by Gasteiger charge is 2.48. The van der Waals surface area contributed by atoms with Gasteiger partial charge in [-0.15, -0.1) is 0 Å². The number of fused-ring (bicyclic) bond motifs is 1. The van der Waals surface area contributed by atoms with Crippen LogP contribution in [0.3, 0.4) is 0 Å². The van der Waals surface area contributed by atoms with Crippen molar-refractivity contribution in [1.29, 1.82) is 0 Å². The van der Waals surface area contributed by atoms with Crippen LogP contribution in [-0.2, 0) is 14.4 Å². The summed E-state index contributed by atoms with van der Waals surface area (Å²) in [7, 11) is 1.83. The third kappa shape index (κ3) is 3.29. The van der Waals surface area contributed by atoms with Crippen LogP contribution in [0.4, 0.5) is 0 Å². The lowest BCUT2D eigenvalue weighted by Crippen LogP contribution is -2.45. The molecule has 128 valence electrons. The summed E-state index contributed by atoms with van der Waals surface area (Å²) in [6.07, 6.45) is 10.5. The van der Waals surface area contributed by atoms with Crippen molar-refractivity contribution in [3.05, 3.63) is 0 Å². The molecule has 0 bridgehead atoms. The van der Waals surface area contributed by atoms with Crippen molar-refractivity contribution in [3.8, 4) is 0 Å². The van der Waals surface area contributed by atoms with Gasteiger partial charge in [0, 0.05) is 13.1 Å². The van der Waals surface area contributed by atoms with Gasteiger partial charge in [0.25, 0.3) is 0 Å². The first-order valence-corrected chi connectivity index (χ1v) is 9.20. The Hall–Kier alpha value is -1.39. The highest BCUT2D eigenvalue weighted by atomic mass is 16.2. The molecule has 23 heavy (non-hydrogen) atoms. The Kier molecular flexibility index (Phi) is 5.02. The summed E-state index contributed by atoms with van der Waals surface area (Å²) in [6.45, 7) is -0.0579. The van der Waals surface area contributed by atoms with E-state index < -0.39 is 0 Å². The zero-order valence-corrected chi connectivity index (χ0v) is 14.1. The molecule has 3 amide bonds. The lowest BCUT2D eigenvalue weighted by Gasteiger charge is -2.28. The SMILES string of the molecule is CN(C(=O)CN1C(=O)C2CCCCC2C1=O)C1CCCCCC1. The van der Waals surface area contributed by atoms with Crippen LogP contribution in [0.25, 0.3) is 0 Å². The van der Waals surface area contributed by atoms with Gasteiger partial charge in [-0.3, -0.25) is 19.3 Å². The monoisotopic (exact) mass is 320 g/mol. The summed E-state index contributed by atoms with van der Waals surface area (Å²) in [5.74, 6) is -0.624. The molecule has 5 nitrogen and oxygen atoms in total. The van der Waals surface area contributed by atoms with E-state index in [1.807, 2.05) is 7.05 Å². The van der Waals surface area contributed by atoms with Gasteiger partial charge in [0.05, 0.1) is 11.8 Å². The van der Waals surface area contributed by atoms with E-state index in [9.17, 15) is 14.4 Å². The molecule has 1 saturated heterocycles. The molecule has 0 spiro atoms. The van der Waals surface area contributed by atoms with Crippen molar-refractivity contribution in [2.24, 2.45) is 11.8 Å². The molecule has 3 rings (SSSR count). The summed E-state index contributed by atoms with van der Waals surface area (Å²) in [6, 6.07) is 0.264. The molecular formula is C18H28N2O3. The molecule has 5 heteroatoms. The van der Waals surface area contributed by atoms with E-state index in [2.05, 4.69) is 0 Å². The Balaban J connectivity index is 1.62. The Labute approximate surface area is 138 Å². The van der Waals surface area contributed by atoms with Gasteiger partial charge in [-0.25, -0.2) is 0 Å². The maximum Gasteiger partial charge on any atom is 0.242 e. The summed E-state index contributed by atoms with van der Waals surface area (Å²) in [5.41, 5.74) is 0. The summed E-state index contributed by atoms with van der Waals surface area (Å²) >= 11 is 0. The fraction of sp³-hybridized carbons (Fsp3) is 0.833. The Morgan fingerprint density at radius 1 is 0.913 bits per heavy atom. The van der Waals surface area contributed by atoms with E-state index >= 15 is 0 Å². The van der Waals surface area contributed by atoms with E-state index in [1.54, 1.807) is 4.90 Å². The van der Waals surface area contributed by atoms with Crippen molar-refractivity contribution in [2.45, 2.75) is 70.3 Å². The maximum atomic E-state index is 12.6. The van der Waals surface area contributed by atoms with E-state index in [0.29, 0.717) is 0 Å². The second-order valence-corrected chi connectivity index (χ2v) is 7.41. The summed E-state index contributed by atoms with van der Waals surface area (Å²) in [4.78, 5) is 40.6. The number of likely N-dealkylation sites (tertiary alicyclic amines) is 1. The third-order valence-electron chi connectivity index (χ3n) is 5.99. The molecule has 1 heterocycles. The van der Waals surface area contributed by atoms with Crippen LogP contribution < -0.4 is 0 Å². The zero-order valence-electron chi connectivity index (χ0n) is 14.1. The maximum absolute atomic E-state index is 12.6. The fourth-order valence-electron chi connectivity index (χ4n) is 4.48. The largest absolute Gasteiger partial charge is 0.341 e. The van der Waals surface area contributed by atoms with Crippen LogP contribution in [0.5, 0.6) is 0 Å². The van der Waals surface area contributed by atoms with Gasteiger partial charge in [-0.2, -0.15) is 0 Å². The highest BCUT2D eigenvalue weighted by Crippen LogP contribution is 2.38. The van der Waals surface area contributed by atoms with E-state index in [-0.39, 0.29) is 42.1 Å². The molecule has 2 unspecified atom stereocenters. The Bertz CT molecular complexity index is 459. The number of hydrogen-bond acceptors (Lipinski definition) is 3. The molecule has 0 aromatic carbocycles. The first kappa shape index (κ1) is 16.5. The van der Waals surface area contributed by atoms with Crippen molar-refractivity contribution >= 4 is 17.7 Å².